The number of carbonyl (C=O) groups excluding carboxylic acids is 1. The third-order valence-corrected chi connectivity index (χ3v) is 5.65. The quantitative estimate of drug-likeness (QED) is 0.507. The lowest BCUT2D eigenvalue weighted by Gasteiger charge is -2.28. The fourth-order valence-corrected chi connectivity index (χ4v) is 3.99. The summed E-state index contributed by atoms with van der Waals surface area (Å²) in [7, 11) is 1.86. The van der Waals surface area contributed by atoms with E-state index in [2.05, 4.69) is 15.2 Å². The van der Waals surface area contributed by atoms with Crippen molar-refractivity contribution < 1.29 is 13.7 Å². The molecule has 0 aliphatic carbocycles. The molecule has 3 heterocycles. The second kappa shape index (κ2) is 7.46. The van der Waals surface area contributed by atoms with Crippen molar-refractivity contribution in [3.63, 3.8) is 0 Å². The van der Waals surface area contributed by atoms with Gasteiger partial charge in [0.2, 0.25) is 5.82 Å². The smallest absolute Gasteiger partial charge is 0.279 e. The molecule has 1 aliphatic rings. The maximum absolute atomic E-state index is 14.1. The van der Waals surface area contributed by atoms with Gasteiger partial charge in [0.25, 0.3) is 11.8 Å². The van der Waals surface area contributed by atoms with Gasteiger partial charge in [-0.25, -0.2) is 4.39 Å². The van der Waals surface area contributed by atoms with Gasteiger partial charge in [0.15, 0.2) is 5.69 Å². The Labute approximate surface area is 178 Å². The van der Waals surface area contributed by atoms with Crippen LogP contribution < -0.4 is 0 Å². The van der Waals surface area contributed by atoms with Gasteiger partial charge in [0, 0.05) is 36.8 Å². The van der Waals surface area contributed by atoms with Crippen molar-refractivity contribution >= 4 is 5.91 Å². The number of aryl methyl sites for hydroxylation is 2. The molecule has 4 aromatic rings. The second-order valence-electron chi connectivity index (χ2n) is 7.59. The Hall–Kier alpha value is -3.81. The van der Waals surface area contributed by atoms with E-state index in [1.165, 1.54) is 6.07 Å². The summed E-state index contributed by atoms with van der Waals surface area (Å²) < 4.78 is 21.3. The van der Waals surface area contributed by atoms with E-state index in [1.807, 2.05) is 43.1 Å². The third kappa shape index (κ3) is 3.30. The fraction of sp³-hybridized carbons (Fsp3) is 0.217. The fourth-order valence-electron chi connectivity index (χ4n) is 3.99. The number of nitrogens with zero attached hydrogens (tertiary/aromatic N) is 5. The van der Waals surface area contributed by atoms with E-state index in [9.17, 15) is 9.18 Å². The summed E-state index contributed by atoms with van der Waals surface area (Å²) in [5.74, 6) is -0.0690. The first-order valence-corrected chi connectivity index (χ1v) is 10.0. The third-order valence-electron chi connectivity index (χ3n) is 5.65. The first-order valence-electron chi connectivity index (χ1n) is 10.0. The number of benzene rings is 2. The van der Waals surface area contributed by atoms with Crippen molar-refractivity contribution in [3.05, 3.63) is 76.7 Å². The first-order chi connectivity index (χ1) is 15.0. The maximum Gasteiger partial charge on any atom is 0.279 e. The summed E-state index contributed by atoms with van der Waals surface area (Å²) in [6.07, 6.45) is 0.671. The zero-order valence-electron chi connectivity index (χ0n) is 17.2. The summed E-state index contributed by atoms with van der Waals surface area (Å²) in [5, 5.41) is 8.50. The number of halogens is 1. The second-order valence-corrected chi connectivity index (χ2v) is 7.59. The number of fused-ring (bicyclic) bond motifs is 1. The average Bonchev–Trinajstić information content (AvgIpc) is 3.38. The van der Waals surface area contributed by atoms with Crippen LogP contribution in [0, 0.1) is 12.7 Å². The molecule has 0 radical (unpaired) electrons. The van der Waals surface area contributed by atoms with Crippen LogP contribution in [0.2, 0.25) is 0 Å². The Morgan fingerprint density at radius 2 is 1.90 bits per heavy atom. The van der Waals surface area contributed by atoms with Crippen LogP contribution in [0.25, 0.3) is 23.0 Å². The summed E-state index contributed by atoms with van der Waals surface area (Å²) in [6.45, 7) is 2.92. The Bertz CT molecular complexity index is 1290. The molecule has 31 heavy (non-hydrogen) atoms. The highest BCUT2D eigenvalue weighted by molar-refractivity contribution is 5.95. The van der Waals surface area contributed by atoms with Gasteiger partial charge < -0.3 is 9.42 Å². The van der Waals surface area contributed by atoms with Crippen LogP contribution in [0.4, 0.5) is 4.39 Å². The lowest BCUT2D eigenvalue weighted by molar-refractivity contribution is 0.0733. The summed E-state index contributed by atoms with van der Waals surface area (Å²) in [6, 6.07) is 13.8. The summed E-state index contributed by atoms with van der Waals surface area (Å²) in [5.41, 5.74) is 4.31. The molecule has 5 rings (SSSR count). The molecule has 0 fully saturated rings. The normalized spacial score (nSPS) is 13.3. The number of hydrogen-bond donors (Lipinski definition) is 0. The van der Waals surface area contributed by atoms with E-state index in [4.69, 9.17) is 4.52 Å². The number of aromatic nitrogens is 4. The topological polar surface area (TPSA) is 77.1 Å². The average molecular weight is 417 g/mol. The predicted molar refractivity (Wildman–Crippen MR) is 112 cm³/mol. The van der Waals surface area contributed by atoms with Crippen molar-refractivity contribution in [1.82, 2.24) is 24.8 Å². The van der Waals surface area contributed by atoms with Crippen LogP contribution in [0.1, 0.15) is 27.2 Å². The van der Waals surface area contributed by atoms with Gasteiger partial charge in [-0.05, 0) is 30.7 Å². The molecule has 1 aliphatic heterocycles. The molecule has 0 saturated carbocycles. The molecule has 7 nitrogen and oxygen atoms in total. The molecule has 2 aromatic carbocycles. The van der Waals surface area contributed by atoms with E-state index in [-0.39, 0.29) is 23.2 Å². The molecule has 0 unspecified atom stereocenters. The molecule has 0 N–H and O–H groups in total. The van der Waals surface area contributed by atoms with Gasteiger partial charge in [-0.15, -0.1) is 0 Å². The molecule has 0 spiro atoms. The summed E-state index contributed by atoms with van der Waals surface area (Å²) >= 11 is 0. The number of rotatable bonds is 3. The first kappa shape index (κ1) is 19.2. The Balaban J connectivity index is 1.49. The van der Waals surface area contributed by atoms with Gasteiger partial charge in [-0.1, -0.05) is 35.5 Å². The number of amides is 1. The van der Waals surface area contributed by atoms with Crippen LogP contribution in [0.15, 0.2) is 53.1 Å². The van der Waals surface area contributed by atoms with Crippen LogP contribution in [0.5, 0.6) is 0 Å². The van der Waals surface area contributed by atoms with Gasteiger partial charge in [-0.3, -0.25) is 9.48 Å². The van der Waals surface area contributed by atoms with Crippen molar-refractivity contribution in [2.75, 3.05) is 6.54 Å². The van der Waals surface area contributed by atoms with E-state index in [0.29, 0.717) is 30.8 Å². The van der Waals surface area contributed by atoms with E-state index in [1.54, 1.807) is 22.9 Å². The Morgan fingerprint density at radius 3 is 2.71 bits per heavy atom. The lowest BCUT2D eigenvalue weighted by Crippen LogP contribution is -2.36. The van der Waals surface area contributed by atoms with Crippen molar-refractivity contribution in [1.29, 1.82) is 0 Å². The zero-order valence-corrected chi connectivity index (χ0v) is 17.2. The molecule has 156 valence electrons. The van der Waals surface area contributed by atoms with Crippen LogP contribution in [-0.2, 0) is 20.0 Å². The highest BCUT2D eigenvalue weighted by atomic mass is 19.1. The summed E-state index contributed by atoms with van der Waals surface area (Å²) in [4.78, 5) is 19.3. The molecule has 2 aromatic heterocycles. The van der Waals surface area contributed by atoms with Crippen LogP contribution in [0.3, 0.4) is 0 Å². The van der Waals surface area contributed by atoms with E-state index >= 15 is 0 Å². The highest BCUT2D eigenvalue weighted by Crippen LogP contribution is 2.31. The van der Waals surface area contributed by atoms with Gasteiger partial charge in [-0.2, -0.15) is 10.1 Å². The zero-order chi connectivity index (χ0) is 21.5. The minimum absolute atomic E-state index is 0.0175. The van der Waals surface area contributed by atoms with Crippen LogP contribution >= 0.6 is 0 Å². The molecule has 0 saturated heterocycles. The molecular weight excluding hydrogens is 397 g/mol. The molecule has 0 bridgehead atoms. The molecule has 0 atom stereocenters. The van der Waals surface area contributed by atoms with Crippen LogP contribution in [-0.4, -0.2) is 37.3 Å². The van der Waals surface area contributed by atoms with Gasteiger partial charge in [0.1, 0.15) is 5.82 Å². The van der Waals surface area contributed by atoms with Crippen molar-refractivity contribution in [3.8, 4) is 23.0 Å². The van der Waals surface area contributed by atoms with E-state index < -0.39 is 5.82 Å². The monoisotopic (exact) mass is 417 g/mol. The Morgan fingerprint density at radius 1 is 1.13 bits per heavy atom. The largest absolute Gasteiger partial charge is 0.334 e. The standard InChI is InChI=1S/C23H20FN5O2/c1-14-7-3-4-8-15(14)23(30)29-12-11-19-17(13-29)20(26-28(19)2)22-25-21(27-31-22)16-9-5-6-10-18(16)24/h3-10H,11-13H2,1-2H3. The lowest BCUT2D eigenvalue weighted by atomic mass is 10.0. The minimum Gasteiger partial charge on any atom is -0.334 e. The van der Waals surface area contributed by atoms with Gasteiger partial charge >= 0.3 is 0 Å². The molecular formula is C23H20FN5O2. The van der Waals surface area contributed by atoms with Gasteiger partial charge in [0.05, 0.1) is 12.1 Å². The highest BCUT2D eigenvalue weighted by Gasteiger charge is 2.30. The minimum atomic E-state index is -0.423. The molecule has 1 amide bonds. The maximum atomic E-state index is 14.1. The molecule has 8 heteroatoms. The van der Waals surface area contributed by atoms with Crippen molar-refractivity contribution in [2.24, 2.45) is 7.05 Å². The predicted octanol–water partition coefficient (Wildman–Crippen LogP) is 3.78. The SMILES string of the molecule is Cc1ccccc1C(=O)N1CCc2c(c(-c3nc(-c4ccccc4F)no3)nn2C)C1. The van der Waals surface area contributed by atoms with E-state index in [0.717, 1.165) is 16.8 Å². The Kier molecular flexibility index (Phi) is 4.62. The number of carbonyl (C=O) groups is 1. The van der Waals surface area contributed by atoms with Crippen molar-refractivity contribution in [2.45, 2.75) is 19.9 Å². The number of hydrogen-bond acceptors (Lipinski definition) is 5.